The SMILES string of the molecule is Cc1cc(Oc2ccc(CNC(C)C)cc2Cl)ccc1F. The Morgan fingerprint density at radius 2 is 1.95 bits per heavy atom. The molecule has 2 rings (SSSR count). The van der Waals surface area contributed by atoms with Crippen molar-refractivity contribution in [2.45, 2.75) is 33.4 Å². The van der Waals surface area contributed by atoms with Crippen LogP contribution in [0.4, 0.5) is 4.39 Å². The molecule has 4 heteroatoms. The lowest BCUT2D eigenvalue weighted by Gasteiger charge is -2.11. The van der Waals surface area contributed by atoms with Crippen molar-refractivity contribution in [2.24, 2.45) is 0 Å². The van der Waals surface area contributed by atoms with Gasteiger partial charge >= 0.3 is 0 Å². The third-order valence-electron chi connectivity index (χ3n) is 3.07. The van der Waals surface area contributed by atoms with Gasteiger partial charge in [-0.2, -0.15) is 0 Å². The summed E-state index contributed by atoms with van der Waals surface area (Å²) in [7, 11) is 0. The van der Waals surface area contributed by atoms with Crippen LogP contribution in [0.3, 0.4) is 0 Å². The van der Waals surface area contributed by atoms with Crippen molar-refractivity contribution in [3.05, 3.63) is 58.4 Å². The summed E-state index contributed by atoms with van der Waals surface area (Å²) < 4.78 is 18.9. The van der Waals surface area contributed by atoms with Crippen LogP contribution in [0.2, 0.25) is 5.02 Å². The van der Waals surface area contributed by atoms with E-state index >= 15 is 0 Å². The fraction of sp³-hybridized carbons (Fsp3) is 0.294. The van der Waals surface area contributed by atoms with E-state index in [1.54, 1.807) is 19.1 Å². The maximum Gasteiger partial charge on any atom is 0.146 e. The van der Waals surface area contributed by atoms with Crippen LogP contribution in [0.1, 0.15) is 25.0 Å². The van der Waals surface area contributed by atoms with E-state index < -0.39 is 0 Å². The van der Waals surface area contributed by atoms with Crippen LogP contribution in [-0.2, 0) is 6.54 Å². The standard InChI is InChI=1S/C17H19ClFNO/c1-11(2)20-10-13-4-7-17(15(18)9-13)21-14-5-6-16(19)12(3)8-14/h4-9,11,20H,10H2,1-3H3. The number of rotatable bonds is 5. The highest BCUT2D eigenvalue weighted by Gasteiger charge is 2.06. The molecule has 2 aromatic rings. The number of nitrogens with one attached hydrogen (secondary N) is 1. The molecule has 0 bridgehead atoms. The van der Waals surface area contributed by atoms with Gasteiger partial charge in [-0.25, -0.2) is 4.39 Å². The van der Waals surface area contributed by atoms with Crippen LogP contribution in [0.15, 0.2) is 36.4 Å². The van der Waals surface area contributed by atoms with Crippen LogP contribution in [-0.4, -0.2) is 6.04 Å². The molecule has 0 spiro atoms. The molecule has 2 aromatic carbocycles. The Kier molecular flexibility index (Phi) is 5.21. The van der Waals surface area contributed by atoms with Crippen LogP contribution in [0.5, 0.6) is 11.5 Å². The third-order valence-corrected chi connectivity index (χ3v) is 3.36. The predicted octanol–water partition coefficient (Wildman–Crippen LogP) is 5.08. The molecule has 0 radical (unpaired) electrons. The van der Waals surface area contributed by atoms with Gasteiger partial charge in [-0.15, -0.1) is 0 Å². The van der Waals surface area contributed by atoms with Gasteiger partial charge in [0, 0.05) is 12.6 Å². The topological polar surface area (TPSA) is 21.3 Å². The molecule has 0 saturated heterocycles. The van der Waals surface area contributed by atoms with E-state index in [4.69, 9.17) is 16.3 Å². The Morgan fingerprint density at radius 1 is 1.19 bits per heavy atom. The Balaban J connectivity index is 2.11. The van der Waals surface area contributed by atoms with Crippen molar-refractivity contribution in [3.63, 3.8) is 0 Å². The molecule has 0 fully saturated rings. The minimum Gasteiger partial charge on any atom is -0.456 e. The fourth-order valence-corrected chi connectivity index (χ4v) is 2.11. The minimum atomic E-state index is -0.247. The summed E-state index contributed by atoms with van der Waals surface area (Å²) in [5.74, 6) is 0.892. The number of hydrogen-bond donors (Lipinski definition) is 1. The zero-order valence-electron chi connectivity index (χ0n) is 12.4. The van der Waals surface area contributed by atoms with Gasteiger partial charge in [0.15, 0.2) is 0 Å². The highest BCUT2D eigenvalue weighted by molar-refractivity contribution is 6.32. The van der Waals surface area contributed by atoms with Crippen molar-refractivity contribution in [1.29, 1.82) is 0 Å². The Bertz CT molecular complexity index is 628. The third kappa shape index (κ3) is 4.45. The molecule has 0 aromatic heterocycles. The van der Waals surface area contributed by atoms with Gasteiger partial charge in [0.1, 0.15) is 17.3 Å². The minimum absolute atomic E-state index is 0.247. The normalized spacial score (nSPS) is 11.0. The molecule has 2 nitrogen and oxygen atoms in total. The van der Waals surface area contributed by atoms with Gasteiger partial charge in [0.25, 0.3) is 0 Å². The van der Waals surface area contributed by atoms with Crippen LogP contribution in [0, 0.1) is 12.7 Å². The van der Waals surface area contributed by atoms with Crippen molar-refractivity contribution in [3.8, 4) is 11.5 Å². The van der Waals surface area contributed by atoms with Gasteiger partial charge in [0.2, 0.25) is 0 Å². The lowest BCUT2D eigenvalue weighted by Crippen LogP contribution is -2.21. The molecule has 0 saturated carbocycles. The molecular formula is C17H19ClFNO. The average Bonchev–Trinajstić information content (AvgIpc) is 2.43. The first-order valence-electron chi connectivity index (χ1n) is 6.91. The Labute approximate surface area is 129 Å². The summed E-state index contributed by atoms with van der Waals surface area (Å²) in [6.45, 7) is 6.64. The lowest BCUT2D eigenvalue weighted by molar-refractivity contribution is 0.479. The maximum atomic E-state index is 13.2. The fourth-order valence-electron chi connectivity index (χ4n) is 1.87. The first-order valence-corrected chi connectivity index (χ1v) is 7.29. The van der Waals surface area contributed by atoms with E-state index in [0.717, 1.165) is 12.1 Å². The van der Waals surface area contributed by atoms with Gasteiger partial charge in [0.05, 0.1) is 5.02 Å². The lowest BCUT2D eigenvalue weighted by atomic mass is 10.2. The smallest absolute Gasteiger partial charge is 0.146 e. The molecule has 0 heterocycles. The van der Waals surface area contributed by atoms with Crippen LogP contribution < -0.4 is 10.1 Å². The molecular weight excluding hydrogens is 289 g/mol. The summed E-state index contributed by atoms with van der Waals surface area (Å²) in [4.78, 5) is 0. The van der Waals surface area contributed by atoms with E-state index in [1.165, 1.54) is 6.07 Å². The van der Waals surface area contributed by atoms with E-state index in [2.05, 4.69) is 19.2 Å². The maximum absolute atomic E-state index is 13.2. The molecule has 0 amide bonds. The van der Waals surface area contributed by atoms with Gasteiger partial charge < -0.3 is 10.1 Å². The quantitative estimate of drug-likeness (QED) is 0.832. The Hall–Kier alpha value is -1.58. The van der Waals surface area contributed by atoms with Crippen molar-refractivity contribution in [1.82, 2.24) is 5.32 Å². The van der Waals surface area contributed by atoms with Gasteiger partial charge in [-0.1, -0.05) is 31.5 Å². The molecule has 112 valence electrons. The first-order chi connectivity index (χ1) is 9.95. The first kappa shape index (κ1) is 15.8. The van der Waals surface area contributed by atoms with E-state index in [-0.39, 0.29) is 5.82 Å². The Morgan fingerprint density at radius 3 is 2.57 bits per heavy atom. The summed E-state index contributed by atoms with van der Waals surface area (Å²) in [6, 6.07) is 10.7. The second kappa shape index (κ2) is 6.92. The number of halogens is 2. The second-order valence-electron chi connectivity index (χ2n) is 5.31. The highest BCUT2D eigenvalue weighted by Crippen LogP contribution is 2.30. The molecule has 0 atom stereocenters. The van der Waals surface area contributed by atoms with Crippen LogP contribution in [0.25, 0.3) is 0 Å². The summed E-state index contributed by atoms with van der Waals surface area (Å²) in [5, 5.41) is 3.87. The number of aryl methyl sites for hydroxylation is 1. The summed E-state index contributed by atoms with van der Waals surface area (Å²) in [6.07, 6.45) is 0. The van der Waals surface area contributed by atoms with Crippen molar-refractivity contribution >= 4 is 11.6 Å². The largest absolute Gasteiger partial charge is 0.456 e. The number of benzene rings is 2. The van der Waals surface area contributed by atoms with Gasteiger partial charge in [-0.05, 0) is 48.4 Å². The number of ether oxygens (including phenoxy) is 1. The number of hydrogen-bond acceptors (Lipinski definition) is 2. The predicted molar refractivity (Wildman–Crippen MR) is 84.6 cm³/mol. The van der Waals surface area contributed by atoms with Crippen LogP contribution >= 0.6 is 11.6 Å². The van der Waals surface area contributed by atoms with Gasteiger partial charge in [-0.3, -0.25) is 0 Å². The van der Waals surface area contributed by atoms with Crippen molar-refractivity contribution in [2.75, 3.05) is 0 Å². The molecule has 0 aliphatic rings. The van der Waals surface area contributed by atoms with E-state index in [0.29, 0.717) is 28.1 Å². The molecule has 0 aliphatic heterocycles. The summed E-state index contributed by atoms with van der Waals surface area (Å²) >= 11 is 6.24. The zero-order valence-corrected chi connectivity index (χ0v) is 13.2. The van der Waals surface area contributed by atoms with E-state index in [1.807, 2.05) is 18.2 Å². The highest BCUT2D eigenvalue weighted by atomic mass is 35.5. The van der Waals surface area contributed by atoms with E-state index in [9.17, 15) is 4.39 Å². The molecule has 0 unspecified atom stereocenters. The monoisotopic (exact) mass is 307 g/mol. The average molecular weight is 308 g/mol. The second-order valence-corrected chi connectivity index (χ2v) is 5.72. The van der Waals surface area contributed by atoms with Crippen molar-refractivity contribution < 1.29 is 9.13 Å². The molecule has 1 N–H and O–H groups in total. The summed E-state index contributed by atoms with van der Waals surface area (Å²) in [5.41, 5.74) is 1.64. The molecule has 0 aliphatic carbocycles. The molecule has 21 heavy (non-hydrogen) atoms. The zero-order chi connectivity index (χ0) is 15.4.